The van der Waals surface area contributed by atoms with Gasteiger partial charge in [-0.05, 0) is 54.4 Å². The maximum absolute atomic E-state index is 11.2. The highest BCUT2D eigenvalue weighted by molar-refractivity contribution is 9.10. The zero-order valence-corrected chi connectivity index (χ0v) is 13.3. The summed E-state index contributed by atoms with van der Waals surface area (Å²) < 4.78 is 6.79. The molecule has 1 aromatic carbocycles. The van der Waals surface area contributed by atoms with Gasteiger partial charge in [0, 0.05) is 12.0 Å². The van der Waals surface area contributed by atoms with Crippen LogP contribution in [0.4, 0.5) is 0 Å². The van der Waals surface area contributed by atoms with Crippen molar-refractivity contribution in [2.75, 3.05) is 0 Å². The van der Waals surface area contributed by atoms with Crippen LogP contribution in [-0.4, -0.2) is 22.2 Å². The van der Waals surface area contributed by atoms with Crippen LogP contribution in [0.25, 0.3) is 6.08 Å². The topological polar surface area (TPSA) is 72.6 Å². The van der Waals surface area contributed by atoms with Crippen LogP contribution in [0.2, 0.25) is 0 Å². The van der Waals surface area contributed by atoms with E-state index in [4.69, 9.17) is 15.6 Å². The average Bonchev–Trinajstić information content (AvgIpc) is 2.31. The van der Waals surface area contributed by atoms with Crippen molar-refractivity contribution in [1.82, 2.24) is 0 Å². The first kappa shape index (κ1) is 15.1. The van der Waals surface area contributed by atoms with Crippen LogP contribution < -0.4 is 10.5 Å². The minimum Gasteiger partial charge on any atom is -0.482 e. The highest BCUT2D eigenvalue weighted by Gasteiger charge is 2.31. The van der Waals surface area contributed by atoms with Crippen LogP contribution in [0.15, 0.2) is 22.7 Å². The molecule has 5 heteroatoms. The lowest BCUT2D eigenvalue weighted by Gasteiger charge is -2.30. The molecule has 0 saturated carbocycles. The third kappa shape index (κ3) is 2.88. The summed E-state index contributed by atoms with van der Waals surface area (Å²) in [4.78, 5) is 11.2. The van der Waals surface area contributed by atoms with Gasteiger partial charge in [-0.3, -0.25) is 4.79 Å². The Bertz CT molecular complexity index is 591. The average molecular weight is 340 g/mol. The summed E-state index contributed by atoms with van der Waals surface area (Å²) in [5, 5.41) is 9.16. The van der Waals surface area contributed by atoms with Crippen LogP contribution in [0, 0.1) is 0 Å². The third-order valence-corrected chi connectivity index (χ3v) is 3.93. The number of hydrogen-bond acceptors (Lipinski definition) is 3. The summed E-state index contributed by atoms with van der Waals surface area (Å²) in [5.41, 5.74) is 5.90. The number of carboxylic acids is 1. The molecule has 0 saturated heterocycles. The fraction of sp³-hybridized carbons (Fsp3) is 0.400. The Balaban J connectivity index is 2.46. The summed E-state index contributed by atoms with van der Waals surface area (Å²) >= 11 is 3.47. The zero-order valence-electron chi connectivity index (χ0n) is 11.7. The molecule has 0 aromatic heterocycles. The van der Waals surface area contributed by atoms with Gasteiger partial charge in [-0.2, -0.15) is 0 Å². The van der Waals surface area contributed by atoms with E-state index in [1.807, 2.05) is 38.1 Å². The number of carbonyl (C=O) groups is 1. The number of carboxylic acid groups (broad SMARTS) is 1. The fourth-order valence-corrected chi connectivity index (χ4v) is 2.53. The molecule has 2 rings (SSSR count). The van der Waals surface area contributed by atoms with Gasteiger partial charge in [0.15, 0.2) is 0 Å². The van der Waals surface area contributed by atoms with Crippen molar-refractivity contribution in [3.63, 3.8) is 0 Å². The van der Waals surface area contributed by atoms with E-state index in [-0.39, 0.29) is 12.0 Å². The molecule has 1 unspecified atom stereocenters. The van der Waals surface area contributed by atoms with E-state index in [0.717, 1.165) is 21.3 Å². The van der Waals surface area contributed by atoms with Crippen LogP contribution >= 0.6 is 15.9 Å². The lowest BCUT2D eigenvalue weighted by molar-refractivity contribution is -0.142. The molecule has 0 spiro atoms. The molecule has 20 heavy (non-hydrogen) atoms. The van der Waals surface area contributed by atoms with E-state index in [2.05, 4.69) is 15.9 Å². The molecule has 3 N–H and O–H groups in total. The van der Waals surface area contributed by atoms with Gasteiger partial charge in [0.05, 0.1) is 4.47 Å². The molecule has 0 radical (unpaired) electrons. The molecule has 1 aliphatic rings. The molecular weight excluding hydrogens is 322 g/mol. The number of benzene rings is 1. The molecule has 0 fully saturated rings. The monoisotopic (exact) mass is 339 g/mol. The first-order valence-corrected chi connectivity index (χ1v) is 7.14. The van der Waals surface area contributed by atoms with Gasteiger partial charge in [0.2, 0.25) is 0 Å². The first-order valence-electron chi connectivity index (χ1n) is 6.34. The largest absolute Gasteiger partial charge is 0.482 e. The number of hydrogen-bond donors (Lipinski definition) is 2. The van der Waals surface area contributed by atoms with Crippen molar-refractivity contribution in [3.05, 3.63) is 33.8 Å². The van der Waals surface area contributed by atoms with Gasteiger partial charge in [0.1, 0.15) is 16.9 Å². The quantitative estimate of drug-likeness (QED) is 0.887. The molecule has 0 aliphatic carbocycles. The molecular formula is C15H18BrNO3. The second kappa shape index (κ2) is 4.90. The summed E-state index contributed by atoms with van der Waals surface area (Å²) in [6.07, 6.45) is 4.17. The van der Waals surface area contributed by atoms with Crippen molar-refractivity contribution in [1.29, 1.82) is 0 Å². The first-order chi connectivity index (χ1) is 9.12. The van der Waals surface area contributed by atoms with E-state index < -0.39 is 11.5 Å². The molecule has 108 valence electrons. The predicted octanol–water partition coefficient (Wildman–Crippen LogP) is 2.98. The Hall–Kier alpha value is -1.33. The summed E-state index contributed by atoms with van der Waals surface area (Å²) in [6.45, 7) is 5.45. The standard InChI is InChI=1S/C15H18BrNO3/c1-14(2)7-6-10-9(8-15(3,17)13(18)19)4-5-11(16)12(10)20-14/h4-7H,8,17H2,1-3H3,(H,18,19). The van der Waals surface area contributed by atoms with Crippen molar-refractivity contribution >= 4 is 28.0 Å². The molecule has 4 nitrogen and oxygen atoms in total. The number of aliphatic carboxylic acids is 1. The second-order valence-corrected chi connectivity index (χ2v) is 6.74. The Morgan fingerprint density at radius 3 is 2.75 bits per heavy atom. The number of fused-ring (bicyclic) bond motifs is 1. The minimum absolute atomic E-state index is 0.242. The smallest absolute Gasteiger partial charge is 0.323 e. The maximum atomic E-state index is 11.2. The molecule has 1 heterocycles. The van der Waals surface area contributed by atoms with Crippen LogP contribution in [0.1, 0.15) is 31.9 Å². The highest BCUT2D eigenvalue weighted by Crippen LogP contribution is 2.39. The summed E-state index contributed by atoms with van der Waals surface area (Å²) in [6, 6.07) is 3.74. The maximum Gasteiger partial charge on any atom is 0.323 e. The minimum atomic E-state index is -1.30. The Morgan fingerprint density at radius 1 is 1.50 bits per heavy atom. The van der Waals surface area contributed by atoms with Crippen molar-refractivity contribution < 1.29 is 14.6 Å². The van der Waals surface area contributed by atoms with Gasteiger partial charge in [0.25, 0.3) is 0 Å². The van der Waals surface area contributed by atoms with E-state index in [0.29, 0.717) is 0 Å². The summed E-state index contributed by atoms with van der Waals surface area (Å²) in [7, 11) is 0. The van der Waals surface area contributed by atoms with E-state index in [1.54, 1.807) is 0 Å². The molecule has 1 aromatic rings. The zero-order chi connectivity index (χ0) is 15.1. The Kier molecular flexibility index (Phi) is 3.69. The number of rotatable bonds is 3. The van der Waals surface area contributed by atoms with E-state index in [1.165, 1.54) is 6.92 Å². The van der Waals surface area contributed by atoms with Crippen LogP contribution in [0.3, 0.4) is 0 Å². The second-order valence-electron chi connectivity index (χ2n) is 5.89. The van der Waals surface area contributed by atoms with Crippen molar-refractivity contribution in [3.8, 4) is 5.75 Å². The number of halogens is 1. The number of nitrogens with two attached hydrogens (primary N) is 1. The lowest BCUT2D eigenvalue weighted by Crippen LogP contribution is -2.47. The van der Waals surface area contributed by atoms with Crippen molar-refractivity contribution in [2.24, 2.45) is 5.73 Å². The van der Waals surface area contributed by atoms with E-state index >= 15 is 0 Å². The summed E-state index contributed by atoms with van der Waals surface area (Å²) in [5.74, 6) is -0.286. The third-order valence-electron chi connectivity index (χ3n) is 3.30. The van der Waals surface area contributed by atoms with E-state index in [9.17, 15) is 4.79 Å². The molecule has 0 amide bonds. The van der Waals surface area contributed by atoms with Gasteiger partial charge < -0.3 is 15.6 Å². The molecule has 1 aliphatic heterocycles. The van der Waals surface area contributed by atoms with Crippen molar-refractivity contribution in [2.45, 2.75) is 38.3 Å². The van der Waals surface area contributed by atoms with Gasteiger partial charge >= 0.3 is 5.97 Å². The van der Waals surface area contributed by atoms with Gasteiger partial charge in [-0.15, -0.1) is 0 Å². The molecule has 0 bridgehead atoms. The van der Waals surface area contributed by atoms with Crippen LogP contribution in [-0.2, 0) is 11.2 Å². The van der Waals surface area contributed by atoms with Crippen LogP contribution in [0.5, 0.6) is 5.75 Å². The van der Waals surface area contributed by atoms with Gasteiger partial charge in [-0.1, -0.05) is 12.1 Å². The predicted molar refractivity (Wildman–Crippen MR) is 81.8 cm³/mol. The lowest BCUT2D eigenvalue weighted by atomic mass is 9.89. The SMILES string of the molecule is CC1(C)C=Cc2c(CC(C)(N)C(=O)O)ccc(Br)c2O1. The number of ether oxygens (including phenoxy) is 1. The normalized spacial score (nSPS) is 18.9. The Morgan fingerprint density at radius 2 is 2.15 bits per heavy atom. The Labute approximate surface area is 126 Å². The fourth-order valence-electron chi connectivity index (χ4n) is 2.11. The van der Waals surface area contributed by atoms with Gasteiger partial charge in [-0.25, -0.2) is 0 Å². The highest BCUT2D eigenvalue weighted by atomic mass is 79.9. The molecule has 1 atom stereocenters.